The Labute approximate surface area is 85.2 Å². The van der Waals surface area contributed by atoms with Gasteiger partial charge in [-0.25, -0.2) is 0 Å². The molecule has 0 N–H and O–H groups in total. The van der Waals surface area contributed by atoms with Gasteiger partial charge in [0.15, 0.2) is 6.29 Å². The first-order chi connectivity index (χ1) is 6.63. The predicted molar refractivity (Wildman–Crippen MR) is 58.2 cm³/mol. The zero-order chi connectivity index (χ0) is 10.6. The molecule has 1 atom stereocenters. The van der Waals surface area contributed by atoms with E-state index in [0.29, 0.717) is 0 Å². The van der Waals surface area contributed by atoms with Crippen molar-refractivity contribution < 1.29 is 9.47 Å². The van der Waals surface area contributed by atoms with Gasteiger partial charge in [0.1, 0.15) is 5.75 Å². The van der Waals surface area contributed by atoms with Gasteiger partial charge in [0, 0.05) is 7.11 Å². The minimum absolute atomic E-state index is 0.217. The van der Waals surface area contributed by atoms with Gasteiger partial charge >= 0.3 is 0 Å². The van der Waals surface area contributed by atoms with Gasteiger partial charge in [0.2, 0.25) is 0 Å². The van der Waals surface area contributed by atoms with Gasteiger partial charge in [-0.05, 0) is 31.5 Å². The van der Waals surface area contributed by atoms with Gasteiger partial charge in [-0.15, -0.1) is 0 Å². The molecule has 76 valence electrons. The zero-order valence-corrected chi connectivity index (χ0v) is 8.91. The molecule has 1 aromatic carbocycles. The maximum Gasteiger partial charge on any atom is 0.196 e. The Balaban J connectivity index is 2.68. The summed E-state index contributed by atoms with van der Waals surface area (Å²) in [6, 6.07) is 7.80. The Morgan fingerprint density at radius 1 is 1.29 bits per heavy atom. The number of hydrogen-bond acceptors (Lipinski definition) is 2. The lowest BCUT2D eigenvalue weighted by atomic mass is 10.1. The van der Waals surface area contributed by atoms with Crippen LogP contribution in [0, 0.1) is 0 Å². The normalized spacial score (nSPS) is 12.2. The van der Waals surface area contributed by atoms with Crippen molar-refractivity contribution in [3.63, 3.8) is 0 Å². The molecule has 14 heavy (non-hydrogen) atoms. The molecular formula is C12H16O2. The van der Waals surface area contributed by atoms with Crippen molar-refractivity contribution in [2.24, 2.45) is 0 Å². The highest BCUT2D eigenvalue weighted by Gasteiger charge is 2.01. The Kier molecular flexibility index (Phi) is 3.72. The van der Waals surface area contributed by atoms with E-state index in [1.54, 1.807) is 7.11 Å². The molecular weight excluding hydrogens is 176 g/mol. The third kappa shape index (κ3) is 2.89. The number of rotatable bonds is 4. The van der Waals surface area contributed by atoms with E-state index in [1.807, 2.05) is 38.1 Å². The summed E-state index contributed by atoms with van der Waals surface area (Å²) in [7, 11) is 1.62. The van der Waals surface area contributed by atoms with Crippen molar-refractivity contribution >= 4 is 5.57 Å². The SMILES string of the molecule is C=C(C)c1ccc(OC(C)OC)cc1. The van der Waals surface area contributed by atoms with Crippen molar-refractivity contribution in [1.29, 1.82) is 0 Å². The van der Waals surface area contributed by atoms with Gasteiger partial charge in [-0.1, -0.05) is 24.3 Å². The zero-order valence-electron chi connectivity index (χ0n) is 8.91. The number of allylic oxidation sites excluding steroid dienone is 1. The summed E-state index contributed by atoms with van der Waals surface area (Å²) < 4.78 is 10.4. The van der Waals surface area contributed by atoms with Crippen LogP contribution in [0.2, 0.25) is 0 Å². The summed E-state index contributed by atoms with van der Waals surface area (Å²) in [5.74, 6) is 0.810. The number of benzene rings is 1. The topological polar surface area (TPSA) is 18.5 Å². The first-order valence-corrected chi connectivity index (χ1v) is 4.59. The van der Waals surface area contributed by atoms with Crippen LogP contribution >= 0.6 is 0 Å². The lowest BCUT2D eigenvalue weighted by molar-refractivity contribution is -0.0382. The highest BCUT2D eigenvalue weighted by molar-refractivity contribution is 5.61. The summed E-state index contributed by atoms with van der Waals surface area (Å²) in [6.45, 7) is 7.70. The van der Waals surface area contributed by atoms with Crippen molar-refractivity contribution in [3.8, 4) is 5.75 Å². The molecule has 0 saturated heterocycles. The second-order valence-corrected chi connectivity index (χ2v) is 3.23. The third-order valence-electron chi connectivity index (χ3n) is 1.98. The number of methoxy groups -OCH3 is 1. The molecule has 1 unspecified atom stereocenters. The Morgan fingerprint density at radius 2 is 1.86 bits per heavy atom. The summed E-state index contributed by atoms with van der Waals surface area (Å²) in [5, 5.41) is 0. The van der Waals surface area contributed by atoms with Crippen LogP contribution in [0.3, 0.4) is 0 Å². The van der Waals surface area contributed by atoms with E-state index >= 15 is 0 Å². The maximum absolute atomic E-state index is 5.45. The first-order valence-electron chi connectivity index (χ1n) is 4.59. The van der Waals surface area contributed by atoms with E-state index in [-0.39, 0.29) is 6.29 Å². The average Bonchev–Trinajstić information content (AvgIpc) is 2.18. The predicted octanol–water partition coefficient (Wildman–Crippen LogP) is 3.09. The van der Waals surface area contributed by atoms with Crippen LogP contribution in [-0.2, 0) is 4.74 Å². The largest absolute Gasteiger partial charge is 0.465 e. The molecule has 2 heteroatoms. The molecule has 0 bridgehead atoms. The molecule has 0 aliphatic carbocycles. The van der Waals surface area contributed by atoms with Crippen LogP contribution in [0.5, 0.6) is 5.75 Å². The van der Waals surface area contributed by atoms with Gasteiger partial charge in [0.05, 0.1) is 0 Å². The summed E-state index contributed by atoms with van der Waals surface area (Å²) in [6.07, 6.45) is -0.217. The van der Waals surface area contributed by atoms with Crippen LogP contribution in [0.15, 0.2) is 30.8 Å². The Hall–Kier alpha value is -1.28. The van der Waals surface area contributed by atoms with Crippen LogP contribution < -0.4 is 4.74 Å². The van der Waals surface area contributed by atoms with E-state index in [9.17, 15) is 0 Å². The molecule has 0 fully saturated rings. The van der Waals surface area contributed by atoms with Gasteiger partial charge in [-0.3, -0.25) is 0 Å². The molecule has 2 nitrogen and oxygen atoms in total. The highest BCUT2D eigenvalue weighted by atomic mass is 16.7. The van der Waals surface area contributed by atoms with Crippen LogP contribution in [0.25, 0.3) is 5.57 Å². The molecule has 0 spiro atoms. The van der Waals surface area contributed by atoms with E-state index in [2.05, 4.69) is 6.58 Å². The Morgan fingerprint density at radius 3 is 2.29 bits per heavy atom. The fraction of sp³-hybridized carbons (Fsp3) is 0.333. The van der Waals surface area contributed by atoms with Gasteiger partial charge < -0.3 is 9.47 Å². The quantitative estimate of drug-likeness (QED) is 0.682. The van der Waals surface area contributed by atoms with Gasteiger partial charge in [-0.2, -0.15) is 0 Å². The molecule has 0 aromatic heterocycles. The minimum atomic E-state index is -0.217. The first kappa shape index (κ1) is 10.8. The van der Waals surface area contributed by atoms with Crippen molar-refractivity contribution in [2.45, 2.75) is 20.1 Å². The second-order valence-electron chi connectivity index (χ2n) is 3.23. The van der Waals surface area contributed by atoms with Crippen molar-refractivity contribution in [2.75, 3.05) is 7.11 Å². The molecule has 0 radical (unpaired) electrons. The molecule has 0 aliphatic rings. The van der Waals surface area contributed by atoms with E-state index in [1.165, 1.54) is 0 Å². The molecule has 0 aliphatic heterocycles. The van der Waals surface area contributed by atoms with Crippen LogP contribution in [0.1, 0.15) is 19.4 Å². The highest BCUT2D eigenvalue weighted by Crippen LogP contribution is 2.17. The standard InChI is InChI=1S/C12H16O2/c1-9(2)11-5-7-12(8-6-11)14-10(3)13-4/h5-8,10H,1H2,2-4H3. The smallest absolute Gasteiger partial charge is 0.196 e. The molecule has 1 aromatic rings. The van der Waals surface area contributed by atoms with Gasteiger partial charge in [0.25, 0.3) is 0 Å². The maximum atomic E-state index is 5.45. The lowest BCUT2D eigenvalue weighted by Gasteiger charge is -2.12. The summed E-state index contributed by atoms with van der Waals surface area (Å²) >= 11 is 0. The monoisotopic (exact) mass is 192 g/mol. The molecule has 1 rings (SSSR count). The molecule has 0 saturated carbocycles. The van der Waals surface area contributed by atoms with E-state index in [0.717, 1.165) is 16.9 Å². The Bertz CT molecular complexity index is 301. The minimum Gasteiger partial charge on any atom is -0.465 e. The summed E-state index contributed by atoms with van der Waals surface area (Å²) in [5.41, 5.74) is 2.18. The fourth-order valence-corrected chi connectivity index (χ4v) is 1.06. The van der Waals surface area contributed by atoms with Crippen LogP contribution in [-0.4, -0.2) is 13.4 Å². The van der Waals surface area contributed by atoms with E-state index < -0.39 is 0 Å². The second kappa shape index (κ2) is 4.82. The molecule has 0 heterocycles. The van der Waals surface area contributed by atoms with Crippen LogP contribution in [0.4, 0.5) is 0 Å². The summed E-state index contributed by atoms with van der Waals surface area (Å²) in [4.78, 5) is 0. The number of ether oxygens (including phenoxy) is 2. The third-order valence-corrected chi connectivity index (χ3v) is 1.98. The van der Waals surface area contributed by atoms with Crippen molar-refractivity contribution in [1.82, 2.24) is 0 Å². The molecule has 0 amide bonds. The van der Waals surface area contributed by atoms with Crippen molar-refractivity contribution in [3.05, 3.63) is 36.4 Å². The fourth-order valence-electron chi connectivity index (χ4n) is 1.06. The average molecular weight is 192 g/mol. The number of hydrogen-bond donors (Lipinski definition) is 0. The lowest BCUT2D eigenvalue weighted by Crippen LogP contribution is -2.13. The van der Waals surface area contributed by atoms with E-state index in [4.69, 9.17) is 9.47 Å².